The Morgan fingerprint density at radius 2 is 2.06 bits per heavy atom. The molecule has 1 atom stereocenters. The van der Waals surface area contributed by atoms with Crippen LogP contribution in [0.1, 0.15) is 19.3 Å². The summed E-state index contributed by atoms with van der Waals surface area (Å²) in [6.45, 7) is 0.0819. The molecule has 17 heavy (non-hydrogen) atoms. The Balaban J connectivity index is 1.65. The van der Waals surface area contributed by atoms with Gasteiger partial charge in [-0.1, -0.05) is 0 Å². The van der Waals surface area contributed by atoms with Crippen molar-refractivity contribution in [2.24, 2.45) is 0 Å². The molecule has 1 aliphatic carbocycles. The largest absolute Gasteiger partial charge is 0.440 e. The highest BCUT2D eigenvalue weighted by molar-refractivity contribution is 5.67. The Kier molecular flexibility index (Phi) is 3.46. The Labute approximate surface area is 97.1 Å². The summed E-state index contributed by atoms with van der Waals surface area (Å²) in [7, 11) is 0. The fraction of sp³-hybridized carbons (Fsp3) is 0.900. The maximum absolute atomic E-state index is 11.8. The molecule has 1 saturated carbocycles. The van der Waals surface area contributed by atoms with Crippen molar-refractivity contribution in [3.8, 4) is 0 Å². The second-order valence-electron chi connectivity index (χ2n) is 4.55. The van der Waals surface area contributed by atoms with Crippen molar-refractivity contribution < 1.29 is 22.7 Å². The van der Waals surface area contributed by atoms with E-state index in [-0.39, 0.29) is 6.04 Å². The van der Waals surface area contributed by atoms with Crippen molar-refractivity contribution in [1.29, 1.82) is 0 Å². The zero-order valence-corrected chi connectivity index (χ0v) is 9.29. The first kappa shape index (κ1) is 12.5. The quantitative estimate of drug-likeness (QED) is 0.827. The van der Waals surface area contributed by atoms with Gasteiger partial charge in [-0.05, 0) is 19.3 Å². The van der Waals surface area contributed by atoms with Crippen LogP contribution in [0.25, 0.3) is 0 Å². The van der Waals surface area contributed by atoms with Crippen LogP contribution >= 0.6 is 0 Å². The minimum atomic E-state index is -4.47. The van der Waals surface area contributed by atoms with Crippen molar-refractivity contribution in [1.82, 2.24) is 10.2 Å². The van der Waals surface area contributed by atoms with Crippen LogP contribution < -0.4 is 5.32 Å². The molecule has 4 nitrogen and oxygen atoms in total. The molecule has 1 N–H and O–H groups in total. The summed E-state index contributed by atoms with van der Waals surface area (Å²) < 4.78 is 39.5. The van der Waals surface area contributed by atoms with Crippen LogP contribution in [0.2, 0.25) is 0 Å². The Morgan fingerprint density at radius 1 is 1.35 bits per heavy atom. The highest BCUT2D eigenvalue weighted by atomic mass is 19.4. The first-order valence-electron chi connectivity index (χ1n) is 5.68. The molecule has 1 amide bonds. The van der Waals surface area contributed by atoms with E-state index in [4.69, 9.17) is 0 Å². The van der Waals surface area contributed by atoms with Gasteiger partial charge in [-0.15, -0.1) is 0 Å². The van der Waals surface area contributed by atoms with Crippen LogP contribution in [0.4, 0.5) is 18.0 Å². The average Bonchev–Trinajstić information content (AvgIpc) is 2.97. The summed E-state index contributed by atoms with van der Waals surface area (Å²) in [5.74, 6) is 0. The Hall–Kier alpha value is -0.980. The minimum absolute atomic E-state index is 0.0867. The van der Waals surface area contributed by atoms with Gasteiger partial charge in [0.2, 0.25) is 0 Å². The number of hydrogen-bond acceptors (Lipinski definition) is 3. The maximum Gasteiger partial charge on any atom is 0.422 e. The van der Waals surface area contributed by atoms with Crippen molar-refractivity contribution in [2.75, 3.05) is 19.7 Å². The summed E-state index contributed by atoms with van der Waals surface area (Å²) in [6.07, 6.45) is -2.30. The topological polar surface area (TPSA) is 41.6 Å². The fourth-order valence-electron chi connectivity index (χ4n) is 2.03. The predicted molar refractivity (Wildman–Crippen MR) is 53.5 cm³/mol. The predicted octanol–water partition coefficient (Wildman–Crippen LogP) is 1.51. The van der Waals surface area contributed by atoms with Gasteiger partial charge in [-0.3, -0.25) is 4.90 Å². The lowest BCUT2D eigenvalue weighted by Crippen LogP contribution is -2.39. The summed E-state index contributed by atoms with van der Waals surface area (Å²) in [6, 6.07) is 0.532. The van der Waals surface area contributed by atoms with E-state index in [0.717, 1.165) is 13.0 Å². The molecule has 2 aliphatic rings. The number of alkyl halides is 3. The van der Waals surface area contributed by atoms with Gasteiger partial charge in [-0.2, -0.15) is 13.2 Å². The van der Waals surface area contributed by atoms with Crippen molar-refractivity contribution in [3.05, 3.63) is 0 Å². The van der Waals surface area contributed by atoms with E-state index in [1.54, 1.807) is 0 Å². The lowest BCUT2D eigenvalue weighted by atomic mass is 10.3. The van der Waals surface area contributed by atoms with E-state index >= 15 is 0 Å². The number of likely N-dealkylation sites (tertiary alicyclic amines) is 1. The van der Waals surface area contributed by atoms with Gasteiger partial charge in [0.05, 0.1) is 0 Å². The molecule has 0 bridgehead atoms. The molecule has 0 aromatic carbocycles. The lowest BCUT2D eigenvalue weighted by Gasteiger charge is -2.16. The van der Waals surface area contributed by atoms with Crippen LogP contribution in [0.5, 0.6) is 0 Å². The molecule has 0 radical (unpaired) electrons. The average molecular weight is 252 g/mol. The second-order valence-corrected chi connectivity index (χ2v) is 4.55. The van der Waals surface area contributed by atoms with E-state index in [9.17, 15) is 18.0 Å². The molecular weight excluding hydrogens is 237 g/mol. The highest BCUT2D eigenvalue weighted by Gasteiger charge is 2.35. The molecule has 1 heterocycles. The van der Waals surface area contributed by atoms with Gasteiger partial charge >= 0.3 is 12.3 Å². The molecule has 98 valence electrons. The number of rotatable bonds is 3. The number of ether oxygens (including phenoxy) is 1. The number of nitrogens with zero attached hydrogens (tertiary/aromatic N) is 1. The van der Waals surface area contributed by atoms with Crippen LogP contribution in [-0.4, -0.2) is 48.9 Å². The number of carbonyl (C=O) groups is 1. The van der Waals surface area contributed by atoms with Gasteiger partial charge < -0.3 is 10.1 Å². The first-order valence-corrected chi connectivity index (χ1v) is 5.68. The summed E-state index contributed by atoms with van der Waals surface area (Å²) in [5, 5.41) is 2.46. The van der Waals surface area contributed by atoms with Crippen LogP contribution in [0, 0.1) is 0 Å². The molecule has 2 rings (SSSR count). The highest BCUT2D eigenvalue weighted by Crippen LogP contribution is 2.29. The molecule has 7 heteroatoms. The molecule has 1 saturated heterocycles. The van der Waals surface area contributed by atoms with E-state index < -0.39 is 18.9 Å². The molecule has 1 unspecified atom stereocenters. The van der Waals surface area contributed by atoms with E-state index in [2.05, 4.69) is 15.0 Å². The van der Waals surface area contributed by atoms with E-state index in [1.165, 1.54) is 12.8 Å². The van der Waals surface area contributed by atoms with Gasteiger partial charge in [0.1, 0.15) is 0 Å². The van der Waals surface area contributed by atoms with Gasteiger partial charge in [-0.25, -0.2) is 4.79 Å². The molecular formula is C10H15F3N2O2. The third-order valence-corrected chi connectivity index (χ3v) is 2.97. The monoisotopic (exact) mass is 252 g/mol. The summed E-state index contributed by atoms with van der Waals surface area (Å²) in [5.41, 5.74) is 0. The molecule has 0 aromatic heterocycles. The minimum Gasteiger partial charge on any atom is -0.440 e. The normalized spacial score (nSPS) is 25.9. The van der Waals surface area contributed by atoms with Crippen LogP contribution in [-0.2, 0) is 4.74 Å². The van der Waals surface area contributed by atoms with Crippen LogP contribution in [0.15, 0.2) is 0 Å². The maximum atomic E-state index is 11.8. The van der Waals surface area contributed by atoms with Crippen molar-refractivity contribution in [2.45, 2.75) is 37.5 Å². The lowest BCUT2D eigenvalue weighted by molar-refractivity contribution is -0.160. The number of nitrogens with one attached hydrogen (secondary N) is 1. The third kappa shape index (κ3) is 4.07. The summed E-state index contributed by atoms with van der Waals surface area (Å²) >= 11 is 0. The molecule has 0 spiro atoms. The number of carbonyl (C=O) groups excluding carboxylic acids is 1. The van der Waals surface area contributed by atoms with Crippen molar-refractivity contribution in [3.63, 3.8) is 0 Å². The first-order chi connectivity index (χ1) is 7.94. The second kappa shape index (κ2) is 4.72. The number of halogens is 3. The molecule has 0 aromatic rings. The van der Waals surface area contributed by atoms with E-state index in [1.807, 2.05) is 0 Å². The zero-order chi connectivity index (χ0) is 12.5. The van der Waals surface area contributed by atoms with Gasteiger partial charge in [0.25, 0.3) is 0 Å². The zero-order valence-electron chi connectivity index (χ0n) is 9.29. The van der Waals surface area contributed by atoms with Crippen LogP contribution in [0.3, 0.4) is 0 Å². The molecule has 2 fully saturated rings. The smallest absolute Gasteiger partial charge is 0.422 e. The Morgan fingerprint density at radius 3 is 2.65 bits per heavy atom. The third-order valence-electron chi connectivity index (χ3n) is 2.97. The van der Waals surface area contributed by atoms with Gasteiger partial charge in [0.15, 0.2) is 6.61 Å². The van der Waals surface area contributed by atoms with Crippen molar-refractivity contribution >= 4 is 6.09 Å². The number of amides is 1. The SMILES string of the molecule is O=C(NC1CCN(C2CC2)C1)OCC(F)(F)F. The summed E-state index contributed by atoms with van der Waals surface area (Å²) in [4.78, 5) is 13.3. The number of hydrogen-bond donors (Lipinski definition) is 1. The van der Waals surface area contributed by atoms with Gasteiger partial charge in [0, 0.05) is 25.2 Å². The molecule has 1 aliphatic heterocycles. The number of alkyl carbamates (subject to hydrolysis) is 1. The fourth-order valence-corrected chi connectivity index (χ4v) is 2.03. The van der Waals surface area contributed by atoms with E-state index in [0.29, 0.717) is 12.6 Å². The standard InChI is InChI=1S/C10H15F3N2O2/c11-10(12,13)6-17-9(16)14-7-3-4-15(5-7)8-1-2-8/h7-8H,1-6H2,(H,14,16). The Bertz CT molecular complexity index is 292.